The van der Waals surface area contributed by atoms with Gasteiger partial charge in [0.15, 0.2) is 5.82 Å². The average Bonchev–Trinajstić information content (AvgIpc) is 2.75. The zero-order valence-corrected chi connectivity index (χ0v) is 18.0. The number of aromatic amines is 1. The van der Waals surface area contributed by atoms with Crippen LogP contribution in [-0.4, -0.2) is 75.2 Å². The fourth-order valence-corrected chi connectivity index (χ4v) is 3.36. The van der Waals surface area contributed by atoms with E-state index >= 15 is 0 Å². The van der Waals surface area contributed by atoms with Crippen molar-refractivity contribution in [3.63, 3.8) is 0 Å². The lowest BCUT2D eigenvalue weighted by molar-refractivity contribution is -0.140. The molecule has 2 atom stereocenters. The van der Waals surface area contributed by atoms with E-state index < -0.39 is 47.4 Å². The summed E-state index contributed by atoms with van der Waals surface area (Å²) in [6.07, 6.45) is -0.840. The van der Waals surface area contributed by atoms with Crippen molar-refractivity contribution in [1.82, 2.24) is 20.3 Å². The maximum atomic E-state index is 14.5. The number of carboxylic acids is 2. The first-order valence-electron chi connectivity index (χ1n) is 10.1. The molecule has 0 unspecified atom stereocenters. The number of likely N-dealkylation sites (N-methyl/N-ethyl adjacent to an activating group) is 1. The molecule has 0 aromatic carbocycles. The third-order valence-corrected chi connectivity index (χ3v) is 5.18. The Bertz CT molecular complexity index is 1170. The molecule has 0 saturated carbocycles. The van der Waals surface area contributed by atoms with E-state index in [4.69, 9.17) is 15.9 Å². The van der Waals surface area contributed by atoms with E-state index in [9.17, 15) is 23.6 Å². The summed E-state index contributed by atoms with van der Waals surface area (Å²) < 4.78 is 14.5. The van der Waals surface area contributed by atoms with Gasteiger partial charge in [0.1, 0.15) is 17.5 Å². The highest BCUT2D eigenvalue weighted by Gasteiger charge is 2.28. The number of nitrogens with zero attached hydrogens (tertiary/aromatic N) is 3. The fourth-order valence-electron chi connectivity index (χ4n) is 3.36. The first-order valence-corrected chi connectivity index (χ1v) is 10.1. The Balaban J connectivity index is 1.64. The number of anilines is 4. The number of amides is 1. The van der Waals surface area contributed by atoms with E-state index in [-0.39, 0.29) is 30.8 Å². The van der Waals surface area contributed by atoms with Crippen LogP contribution in [0.2, 0.25) is 0 Å². The molecule has 3 rings (SSSR count). The summed E-state index contributed by atoms with van der Waals surface area (Å²) in [6.45, 7) is 0.656. The number of H-pyrrole nitrogens is 1. The van der Waals surface area contributed by atoms with Gasteiger partial charge in [0.2, 0.25) is 11.9 Å². The Morgan fingerprint density at radius 2 is 2.06 bits per heavy atom. The molecule has 3 heterocycles. The first-order chi connectivity index (χ1) is 16.1. The Hall–Kier alpha value is -4.43. The van der Waals surface area contributed by atoms with Crippen LogP contribution in [0.25, 0.3) is 0 Å². The van der Waals surface area contributed by atoms with Crippen LogP contribution in [0.3, 0.4) is 0 Å². The number of pyridine rings is 1. The second-order valence-electron chi connectivity index (χ2n) is 7.51. The number of nitrogen functional groups attached to an aromatic ring is 1. The summed E-state index contributed by atoms with van der Waals surface area (Å²) in [5.41, 5.74) is 4.95. The monoisotopic (exact) mass is 477 g/mol. The van der Waals surface area contributed by atoms with Gasteiger partial charge in [0.25, 0.3) is 11.5 Å². The van der Waals surface area contributed by atoms with E-state index in [0.717, 1.165) is 6.07 Å². The molecule has 0 saturated heterocycles. The molecule has 34 heavy (non-hydrogen) atoms. The van der Waals surface area contributed by atoms with Crippen molar-refractivity contribution in [2.24, 2.45) is 0 Å². The minimum Gasteiger partial charge on any atom is -0.481 e. The van der Waals surface area contributed by atoms with E-state index in [2.05, 4.69) is 30.9 Å². The molecular weight excluding hydrogens is 454 g/mol. The highest BCUT2D eigenvalue weighted by molar-refractivity contribution is 5.96. The van der Waals surface area contributed by atoms with Crippen LogP contribution in [-0.2, 0) is 9.59 Å². The van der Waals surface area contributed by atoms with Gasteiger partial charge in [-0.05, 0) is 18.6 Å². The number of hydrogen-bond acceptors (Lipinski definition) is 10. The molecule has 1 aliphatic heterocycles. The highest BCUT2D eigenvalue weighted by atomic mass is 18.2. The molecule has 182 valence electrons. The van der Waals surface area contributed by atoms with E-state index in [1.807, 2.05) is 0 Å². The molecule has 0 fully saturated rings. The van der Waals surface area contributed by atoms with Gasteiger partial charge in [0, 0.05) is 26.6 Å². The van der Waals surface area contributed by atoms with E-state index in [0.29, 0.717) is 18.1 Å². The molecule has 0 spiro atoms. The second-order valence-corrected chi connectivity index (χ2v) is 7.51. The fraction of sp³-hybridized carbons (Fsp3) is 0.368. The molecule has 0 bridgehead atoms. The number of nitrogens with one attached hydrogen (secondary N) is 4. The molecule has 15 heteroatoms. The van der Waals surface area contributed by atoms with Crippen LogP contribution >= 0.6 is 0 Å². The first kappa shape index (κ1) is 24.2. The molecule has 14 nitrogen and oxygen atoms in total. The summed E-state index contributed by atoms with van der Waals surface area (Å²) in [5.74, 6) is -4.39. The van der Waals surface area contributed by atoms with Crippen molar-refractivity contribution >= 4 is 41.1 Å². The molecule has 1 amide bonds. The molecule has 2 aromatic heterocycles. The quantitative estimate of drug-likeness (QED) is 0.223. The molecule has 1 aliphatic rings. The van der Waals surface area contributed by atoms with Gasteiger partial charge in [-0.1, -0.05) is 0 Å². The van der Waals surface area contributed by atoms with Crippen LogP contribution in [0.15, 0.2) is 16.9 Å². The number of carbonyl (C=O) groups excluding carboxylic acids is 1. The normalized spacial score (nSPS) is 15.6. The van der Waals surface area contributed by atoms with Crippen LogP contribution in [0.4, 0.5) is 27.7 Å². The molecule has 0 radical (unpaired) electrons. The number of aliphatic carboxylic acids is 2. The minimum absolute atomic E-state index is 0.0124. The third-order valence-electron chi connectivity index (χ3n) is 5.18. The van der Waals surface area contributed by atoms with Crippen LogP contribution in [0.5, 0.6) is 0 Å². The van der Waals surface area contributed by atoms with Crippen molar-refractivity contribution in [3.8, 4) is 0 Å². The predicted octanol–water partition coefficient (Wildman–Crippen LogP) is -0.724. The second kappa shape index (κ2) is 10.0. The maximum absolute atomic E-state index is 14.5. The Morgan fingerprint density at radius 3 is 2.71 bits per heavy atom. The lowest BCUT2D eigenvalue weighted by Crippen LogP contribution is -2.48. The summed E-state index contributed by atoms with van der Waals surface area (Å²) in [7, 11) is 1.70. The Morgan fingerprint density at radius 1 is 1.32 bits per heavy atom. The number of hydrogen-bond donors (Lipinski definition) is 7. The molecule has 8 N–H and O–H groups in total. The summed E-state index contributed by atoms with van der Waals surface area (Å²) in [6, 6.07) is 0.735. The van der Waals surface area contributed by atoms with E-state index in [1.54, 1.807) is 11.9 Å². The van der Waals surface area contributed by atoms with Crippen LogP contribution in [0, 0.1) is 5.95 Å². The van der Waals surface area contributed by atoms with Gasteiger partial charge in [-0.3, -0.25) is 19.4 Å². The van der Waals surface area contributed by atoms with Crippen molar-refractivity contribution in [1.29, 1.82) is 0 Å². The maximum Gasteiger partial charge on any atom is 0.326 e. The highest BCUT2D eigenvalue weighted by Crippen LogP contribution is 2.25. The van der Waals surface area contributed by atoms with Gasteiger partial charge in [-0.2, -0.15) is 9.37 Å². The van der Waals surface area contributed by atoms with Gasteiger partial charge in [-0.15, -0.1) is 0 Å². The summed E-state index contributed by atoms with van der Waals surface area (Å²) >= 11 is 0. The third kappa shape index (κ3) is 5.48. The zero-order chi connectivity index (χ0) is 25.0. The largest absolute Gasteiger partial charge is 0.481 e. The van der Waals surface area contributed by atoms with Crippen LogP contribution < -0.4 is 32.1 Å². The summed E-state index contributed by atoms with van der Waals surface area (Å²) in [4.78, 5) is 58.2. The summed E-state index contributed by atoms with van der Waals surface area (Å²) in [5, 5.41) is 25.9. The molecule has 2 aromatic rings. The van der Waals surface area contributed by atoms with Gasteiger partial charge in [0.05, 0.1) is 11.6 Å². The van der Waals surface area contributed by atoms with E-state index in [1.165, 1.54) is 6.07 Å². The average molecular weight is 477 g/mol. The van der Waals surface area contributed by atoms with Gasteiger partial charge < -0.3 is 36.8 Å². The topological polar surface area (TPSA) is 216 Å². The van der Waals surface area contributed by atoms with Crippen molar-refractivity contribution < 1.29 is 29.0 Å². The number of halogens is 1. The number of carboxylic acid groups (broad SMARTS) is 2. The molecule has 0 aliphatic carbocycles. The number of nitrogens with two attached hydrogens (primary N) is 1. The van der Waals surface area contributed by atoms with Gasteiger partial charge >= 0.3 is 11.9 Å². The zero-order valence-electron chi connectivity index (χ0n) is 18.0. The standard InChI is InChI=1S/C19H23FN8O6/c1-28-8(7-23-15-13(28)17(32)27-19(21)26-15)6-22-11-4-2-9(14(20)25-11)16(31)24-10(18(33)34)3-5-12(29)30/h2,4,8,10H,3,5-7H2,1H3,(H,22,25)(H,24,31)(H,29,30)(H,33,34)(H4,21,23,26,27,32)/t8-,10+/m1/s1/i20-1. The predicted molar refractivity (Wildman–Crippen MR) is 118 cm³/mol. The SMILES string of the molecule is CN1c2c(nc(N)[nH]c2=O)NC[C@H]1CNc1ccc(C(=O)N[C@@H](CCC(=O)O)C(=O)O)c([18F])n1. The van der Waals surface area contributed by atoms with Crippen molar-refractivity contribution in [2.75, 3.05) is 41.4 Å². The van der Waals surface area contributed by atoms with Gasteiger partial charge in [-0.25, -0.2) is 9.78 Å². The Kier molecular flexibility index (Phi) is 7.13. The molecular formula is C19H23FN8O6. The number of aromatic nitrogens is 3. The smallest absolute Gasteiger partial charge is 0.326 e. The number of rotatable bonds is 9. The lowest BCUT2D eigenvalue weighted by Gasteiger charge is -2.35. The van der Waals surface area contributed by atoms with Crippen LogP contribution in [0.1, 0.15) is 23.2 Å². The number of carbonyl (C=O) groups is 3. The van der Waals surface area contributed by atoms with Crippen molar-refractivity contribution in [3.05, 3.63) is 34.0 Å². The lowest BCUT2D eigenvalue weighted by atomic mass is 10.1. The van der Waals surface area contributed by atoms with Crippen molar-refractivity contribution in [2.45, 2.75) is 24.9 Å². The minimum atomic E-state index is -1.49. The number of fused-ring (bicyclic) bond motifs is 1. The Labute approximate surface area is 191 Å².